The number of amides is 1. The second-order valence-corrected chi connectivity index (χ2v) is 5.61. The Morgan fingerprint density at radius 2 is 1.64 bits per heavy atom. The highest BCUT2D eigenvalue weighted by Gasteiger charge is 2.18. The molecule has 0 aliphatic carbocycles. The van der Waals surface area contributed by atoms with Gasteiger partial charge in [0.1, 0.15) is 0 Å². The van der Waals surface area contributed by atoms with Crippen LogP contribution < -0.4 is 5.32 Å². The van der Waals surface area contributed by atoms with E-state index in [1.807, 2.05) is 67.6 Å². The molecule has 1 N–H and O–H groups in total. The Hall–Kier alpha value is -3.54. The maximum absolute atomic E-state index is 12.5. The summed E-state index contributed by atoms with van der Waals surface area (Å²) in [6, 6.07) is 19.1. The summed E-state index contributed by atoms with van der Waals surface area (Å²) in [5, 5.41) is 15.6. The standard InChI is InChI=1S/C19H15N5O/c1-13-17(19(25)21-15-10-6-3-7-11-15)22-23-18-16(12-20-24(13)18)14-8-4-2-5-9-14/h2-12H,1H3,(H,21,25). The van der Waals surface area contributed by atoms with E-state index in [0.29, 0.717) is 17.0 Å². The molecule has 0 aliphatic heterocycles. The topological polar surface area (TPSA) is 72.2 Å². The van der Waals surface area contributed by atoms with Gasteiger partial charge in [0.05, 0.1) is 11.9 Å². The molecular formula is C19H15N5O. The van der Waals surface area contributed by atoms with E-state index in [2.05, 4.69) is 20.6 Å². The number of nitrogens with zero attached hydrogens (tertiary/aromatic N) is 4. The van der Waals surface area contributed by atoms with Gasteiger partial charge in [-0.05, 0) is 24.6 Å². The fourth-order valence-corrected chi connectivity index (χ4v) is 2.70. The summed E-state index contributed by atoms with van der Waals surface area (Å²) in [7, 11) is 0. The van der Waals surface area contributed by atoms with Crippen molar-refractivity contribution in [1.29, 1.82) is 0 Å². The largest absolute Gasteiger partial charge is 0.321 e. The Kier molecular flexibility index (Phi) is 3.70. The highest BCUT2D eigenvalue weighted by molar-refractivity contribution is 6.03. The maximum atomic E-state index is 12.5. The van der Waals surface area contributed by atoms with Gasteiger partial charge in [0.25, 0.3) is 5.91 Å². The monoisotopic (exact) mass is 329 g/mol. The first-order chi connectivity index (χ1) is 12.2. The molecule has 2 heterocycles. The first-order valence-corrected chi connectivity index (χ1v) is 7.87. The third kappa shape index (κ3) is 2.74. The highest BCUT2D eigenvalue weighted by atomic mass is 16.2. The lowest BCUT2D eigenvalue weighted by Crippen LogP contribution is -2.18. The molecule has 122 valence electrons. The van der Waals surface area contributed by atoms with Gasteiger partial charge in [0, 0.05) is 11.3 Å². The van der Waals surface area contributed by atoms with Gasteiger partial charge in [-0.1, -0.05) is 48.5 Å². The Balaban J connectivity index is 1.73. The van der Waals surface area contributed by atoms with Crippen molar-refractivity contribution in [2.75, 3.05) is 5.32 Å². The Labute approximate surface area is 144 Å². The summed E-state index contributed by atoms with van der Waals surface area (Å²) >= 11 is 0. The summed E-state index contributed by atoms with van der Waals surface area (Å²) in [6.45, 7) is 1.81. The number of nitrogens with one attached hydrogen (secondary N) is 1. The number of fused-ring (bicyclic) bond motifs is 1. The number of carbonyl (C=O) groups is 1. The average Bonchev–Trinajstić information content (AvgIpc) is 3.08. The molecule has 25 heavy (non-hydrogen) atoms. The van der Waals surface area contributed by atoms with Gasteiger partial charge in [-0.3, -0.25) is 4.79 Å². The molecule has 0 aliphatic rings. The second kappa shape index (κ2) is 6.16. The number of aromatic nitrogens is 4. The molecule has 0 fully saturated rings. The van der Waals surface area contributed by atoms with Gasteiger partial charge in [0.15, 0.2) is 11.3 Å². The second-order valence-electron chi connectivity index (χ2n) is 5.61. The quantitative estimate of drug-likeness (QED) is 0.625. The van der Waals surface area contributed by atoms with Gasteiger partial charge in [-0.2, -0.15) is 5.10 Å². The van der Waals surface area contributed by atoms with Crippen molar-refractivity contribution < 1.29 is 4.79 Å². The zero-order chi connectivity index (χ0) is 17.2. The summed E-state index contributed by atoms with van der Waals surface area (Å²) in [4.78, 5) is 12.5. The fraction of sp³-hybridized carbons (Fsp3) is 0.0526. The molecule has 0 unspecified atom stereocenters. The Bertz CT molecular complexity index is 1040. The van der Waals surface area contributed by atoms with Crippen LogP contribution >= 0.6 is 0 Å². The van der Waals surface area contributed by atoms with Crippen LogP contribution in [0.3, 0.4) is 0 Å². The highest BCUT2D eigenvalue weighted by Crippen LogP contribution is 2.23. The van der Waals surface area contributed by atoms with Crippen molar-refractivity contribution in [3.05, 3.63) is 78.2 Å². The Morgan fingerprint density at radius 3 is 2.36 bits per heavy atom. The molecular weight excluding hydrogens is 314 g/mol. The number of benzene rings is 2. The molecule has 6 nitrogen and oxygen atoms in total. The minimum Gasteiger partial charge on any atom is -0.321 e. The molecule has 4 aromatic rings. The SMILES string of the molecule is Cc1c(C(=O)Nc2ccccc2)nnc2c(-c3ccccc3)cnn12. The normalized spacial score (nSPS) is 10.8. The van der Waals surface area contributed by atoms with Crippen LogP contribution in [0.4, 0.5) is 5.69 Å². The van der Waals surface area contributed by atoms with Gasteiger partial charge in [0.2, 0.25) is 0 Å². The summed E-state index contributed by atoms with van der Waals surface area (Å²) < 4.78 is 1.65. The third-order valence-electron chi connectivity index (χ3n) is 3.98. The van der Waals surface area contributed by atoms with Crippen molar-refractivity contribution in [3.63, 3.8) is 0 Å². The number of hydrogen-bond donors (Lipinski definition) is 1. The molecule has 0 spiro atoms. The predicted molar refractivity (Wildman–Crippen MR) is 95.4 cm³/mol. The van der Waals surface area contributed by atoms with E-state index in [4.69, 9.17) is 0 Å². The zero-order valence-corrected chi connectivity index (χ0v) is 13.5. The van der Waals surface area contributed by atoms with E-state index in [1.165, 1.54) is 0 Å². The van der Waals surface area contributed by atoms with Crippen molar-refractivity contribution in [1.82, 2.24) is 19.8 Å². The summed E-state index contributed by atoms with van der Waals surface area (Å²) in [5.74, 6) is -0.310. The molecule has 0 saturated carbocycles. The minimum atomic E-state index is -0.310. The molecule has 2 aromatic carbocycles. The number of anilines is 1. The van der Waals surface area contributed by atoms with Crippen LogP contribution in [0.15, 0.2) is 66.9 Å². The number of carbonyl (C=O) groups excluding carboxylic acids is 1. The predicted octanol–water partition coefficient (Wildman–Crippen LogP) is 3.35. The molecule has 1 amide bonds. The number of hydrogen-bond acceptors (Lipinski definition) is 4. The van der Waals surface area contributed by atoms with Crippen molar-refractivity contribution in [3.8, 4) is 11.1 Å². The van der Waals surface area contributed by atoms with E-state index in [0.717, 1.165) is 11.1 Å². The smallest absolute Gasteiger partial charge is 0.278 e. The molecule has 6 heteroatoms. The summed E-state index contributed by atoms with van der Waals surface area (Å²) in [5.41, 5.74) is 4.11. The van der Waals surface area contributed by atoms with Gasteiger partial charge >= 0.3 is 0 Å². The number of aryl methyl sites for hydroxylation is 1. The van der Waals surface area contributed by atoms with Crippen LogP contribution in [0.25, 0.3) is 16.8 Å². The van der Waals surface area contributed by atoms with Crippen LogP contribution in [0, 0.1) is 6.92 Å². The average molecular weight is 329 g/mol. The van der Waals surface area contributed by atoms with Gasteiger partial charge < -0.3 is 5.32 Å². The zero-order valence-electron chi connectivity index (χ0n) is 13.5. The Morgan fingerprint density at radius 1 is 0.960 bits per heavy atom. The lowest BCUT2D eigenvalue weighted by atomic mass is 10.1. The first kappa shape index (κ1) is 15.0. The maximum Gasteiger partial charge on any atom is 0.278 e. The molecule has 4 rings (SSSR count). The van der Waals surface area contributed by atoms with E-state index in [-0.39, 0.29) is 11.6 Å². The summed E-state index contributed by atoms with van der Waals surface area (Å²) in [6.07, 6.45) is 1.74. The van der Waals surface area contributed by atoms with E-state index in [9.17, 15) is 4.79 Å². The number of rotatable bonds is 3. The van der Waals surface area contributed by atoms with Gasteiger partial charge in [-0.25, -0.2) is 4.52 Å². The molecule has 0 bridgehead atoms. The van der Waals surface area contributed by atoms with Crippen LogP contribution in [0.2, 0.25) is 0 Å². The van der Waals surface area contributed by atoms with Crippen LogP contribution in [-0.2, 0) is 0 Å². The molecule has 0 radical (unpaired) electrons. The molecule has 0 atom stereocenters. The molecule has 2 aromatic heterocycles. The van der Waals surface area contributed by atoms with E-state index >= 15 is 0 Å². The van der Waals surface area contributed by atoms with Crippen LogP contribution in [0.5, 0.6) is 0 Å². The number of para-hydroxylation sites is 1. The third-order valence-corrected chi connectivity index (χ3v) is 3.98. The first-order valence-electron chi connectivity index (χ1n) is 7.87. The van der Waals surface area contributed by atoms with Crippen LogP contribution in [0.1, 0.15) is 16.2 Å². The fourth-order valence-electron chi connectivity index (χ4n) is 2.70. The van der Waals surface area contributed by atoms with E-state index in [1.54, 1.807) is 10.7 Å². The minimum absolute atomic E-state index is 0.249. The van der Waals surface area contributed by atoms with Crippen molar-refractivity contribution >= 4 is 17.2 Å². The van der Waals surface area contributed by atoms with Crippen molar-refractivity contribution in [2.45, 2.75) is 6.92 Å². The lowest BCUT2D eigenvalue weighted by Gasteiger charge is -2.07. The van der Waals surface area contributed by atoms with Crippen molar-refractivity contribution in [2.24, 2.45) is 0 Å². The molecule has 0 saturated heterocycles. The van der Waals surface area contributed by atoms with Gasteiger partial charge in [-0.15, -0.1) is 10.2 Å². The lowest BCUT2D eigenvalue weighted by molar-refractivity contribution is 0.102. The van der Waals surface area contributed by atoms with E-state index < -0.39 is 0 Å². The van der Waals surface area contributed by atoms with Crippen LogP contribution in [-0.4, -0.2) is 25.7 Å².